The molecular weight excluding hydrogens is 362 g/mol. The number of carbonyl (C=O) groups excluding carboxylic acids is 2. The van der Waals surface area contributed by atoms with Crippen LogP contribution in [-0.4, -0.2) is 34.8 Å². The van der Waals surface area contributed by atoms with Gasteiger partial charge in [-0.2, -0.15) is 0 Å². The maximum atomic E-state index is 12.3. The van der Waals surface area contributed by atoms with E-state index in [1.54, 1.807) is 4.90 Å². The van der Waals surface area contributed by atoms with Crippen LogP contribution in [0.15, 0.2) is 40.1 Å². The van der Waals surface area contributed by atoms with Gasteiger partial charge in [-0.1, -0.05) is 31.0 Å². The predicted molar refractivity (Wildman–Crippen MR) is 106 cm³/mol. The van der Waals surface area contributed by atoms with Gasteiger partial charge in [-0.25, -0.2) is 4.98 Å². The van der Waals surface area contributed by atoms with E-state index in [0.717, 1.165) is 36.7 Å². The van der Waals surface area contributed by atoms with Gasteiger partial charge in [0.05, 0.1) is 6.54 Å². The molecule has 2 aromatic heterocycles. The van der Waals surface area contributed by atoms with Gasteiger partial charge in [0.15, 0.2) is 10.9 Å². The fourth-order valence-electron chi connectivity index (χ4n) is 3.27. The Hall–Kier alpha value is -2.67. The van der Waals surface area contributed by atoms with Gasteiger partial charge < -0.3 is 14.6 Å². The Morgan fingerprint density at radius 2 is 2.07 bits per heavy atom. The number of anilines is 1. The zero-order chi connectivity index (χ0) is 18.6. The molecule has 140 valence electrons. The quantitative estimate of drug-likeness (QED) is 0.729. The van der Waals surface area contributed by atoms with Crippen molar-refractivity contribution in [3.63, 3.8) is 0 Å². The highest BCUT2D eigenvalue weighted by Crippen LogP contribution is 2.30. The molecule has 0 spiro atoms. The van der Waals surface area contributed by atoms with Crippen LogP contribution in [0.3, 0.4) is 0 Å². The number of nitrogens with one attached hydrogen (secondary N) is 1. The monoisotopic (exact) mass is 383 g/mol. The fraction of sp³-hybridized carbons (Fsp3) is 0.350. The van der Waals surface area contributed by atoms with Gasteiger partial charge in [0, 0.05) is 23.7 Å². The average Bonchev–Trinajstić information content (AvgIpc) is 3.28. The van der Waals surface area contributed by atoms with Crippen LogP contribution >= 0.6 is 11.3 Å². The second-order valence-corrected chi connectivity index (χ2v) is 7.57. The molecule has 3 aromatic rings. The Balaban J connectivity index is 1.41. The number of fused-ring (bicyclic) bond motifs is 1. The smallest absolute Gasteiger partial charge is 0.245 e. The number of hydrogen-bond donors (Lipinski definition) is 1. The number of hydrogen-bond acceptors (Lipinski definition) is 5. The highest BCUT2D eigenvalue weighted by atomic mass is 32.1. The molecule has 1 N–H and O–H groups in total. The molecule has 4 rings (SSSR count). The van der Waals surface area contributed by atoms with Crippen molar-refractivity contribution in [1.82, 2.24) is 9.88 Å². The molecule has 27 heavy (non-hydrogen) atoms. The number of benzene rings is 1. The van der Waals surface area contributed by atoms with E-state index in [2.05, 4.69) is 10.3 Å². The summed E-state index contributed by atoms with van der Waals surface area (Å²) in [6.45, 7) is 0.729. The summed E-state index contributed by atoms with van der Waals surface area (Å²) in [7, 11) is 0. The zero-order valence-corrected chi connectivity index (χ0v) is 15.8. The Morgan fingerprint density at radius 3 is 2.96 bits per heavy atom. The number of carbonyl (C=O) groups is 2. The van der Waals surface area contributed by atoms with E-state index in [-0.39, 0.29) is 18.4 Å². The van der Waals surface area contributed by atoms with Crippen LogP contribution in [0.5, 0.6) is 0 Å². The van der Waals surface area contributed by atoms with Crippen LogP contribution in [0.1, 0.15) is 32.1 Å². The van der Waals surface area contributed by atoms with Crippen LogP contribution in [0.25, 0.3) is 22.4 Å². The van der Waals surface area contributed by atoms with Crippen molar-refractivity contribution in [2.75, 3.05) is 18.4 Å². The Bertz CT molecular complexity index is 929. The van der Waals surface area contributed by atoms with E-state index >= 15 is 0 Å². The summed E-state index contributed by atoms with van der Waals surface area (Å²) in [6, 6.07) is 9.72. The molecule has 7 heteroatoms. The summed E-state index contributed by atoms with van der Waals surface area (Å²) < 4.78 is 5.81. The highest BCUT2D eigenvalue weighted by Gasteiger charge is 2.19. The Labute approximate surface area is 161 Å². The predicted octanol–water partition coefficient (Wildman–Crippen LogP) is 4.29. The number of likely N-dealkylation sites (tertiary alicyclic amines) is 1. The number of amides is 2. The van der Waals surface area contributed by atoms with Gasteiger partial charge in [0.1, 0.15) is 11.3 Å². The first kappa shape index (κ1) is 17.7. The third kappa shape index (κ3) is 4.19. The zero-order valence-electron chi connectivity index (χ0n) is 14.9. The molecule has 6 nitrogen and oxygen atoms in total. The Morgan fingerprint density at radius 1 is 1.22 bits per heavy atom. The molecule has 0 aliphatic carbocycles. The first-order chi connectivity index (χ1) is 13.2. The van der Waals surface area contributed by atoms with Gasteiger partial charge in [-0.3, -0.25) is 9.59 Å². The summed E-state index contributed by atoms with van der Waals surface area (Å²) in [5, 5.41) is 6.18. The highest BCUT2D eigenvalue weighted by molar-refractivity contribution is 7.14. The van der Waals surface area contributed by atoms with E-state index in [4.69, 9.17) is 4.42 Å². The lowest BCUT2D eigenvalue weighted by Gasteiger charge is -2.23. The molecule has 0 radical (unpaired) electrons. The molecule has 1 aliphatic heterocycles. The number of aromatic nitrogens is 1. The summed E-state index contributed by atoms with van der Waals surface area (Å²) >= 11 is 1.35. The van der Waals surface area contributed by atoms with Gasteiger partial charge in [0.2, 0.25) is 11.8 Å². The molecule has 1 fully saturated rings. The summed E-state index contributed by atoms with van der Waals surface area (Å²) in [6.07, 6.45) is 4.59. The molecule has 0 unspecified atom stereocenters. The fourth-order valence-corrected chi connectivity index (χ4v) is 3.98. The maximum absolute atomic E-state index is 12.3. The molecule has 0 saturated carbocycles. The molecule has 1 saturated heterocycles. The van der Waals surface area contributed by atoms with Crippen LogP contribution in [-0.2, 0) is 9.59 Å². The maximum Gasteiger partial charge on any atom is 0.245 e. The van der Waals surface area contributed by atoms with E-state index in [9.17, 15) is 9.59 Å². The van der Waals surface area contributed by atoms with Gasteiger partial charge in [-0.05, 0) is 25.0 Å². The molecule has 2 amide bonds. The van der Waals surface area contributed by atoms with Crippen molar-refractivity contribution in [2.45, 2.75) is 32.1 Å². The van der Waals surface area contributed by atoms with Crippen molar-refractivity contribution in [3.8, 4) is 11.5 Å². The van der Waals surface area contributed by atoms with Gasteiger partial charge in [-0.15, -0.1) is 11.3 Å². The third-order valence-electron chi connectivity index (χ3n) is 4.68. The summed E-state index contributed by atoms with van der Waals surface area (Å²) in [5.74, 6) is 0.522. The lowest BCUT2D eigenvalue weighted by molar-refractivity contribution is -0.135. The normalized spacial score (nSPS) is 15.6. The summed E-state index contributed by atoms with van der Waals surface area (Å²) in [5.41, 5.74) is 1.50. The largest absolute Gasteiger partial charge is 0.454 e. The standard InChI is InChI=1S/C20H21N3O3S/c24-18(12-23-10-6-2-1-3-9-19(23)25)22-20-21-15(13-27-20)17-11-14-7-4-5-8-16(14)26-17/h4-5,7-8,11,13H,1-3,6,9-10,12H2,(H,21,22,24). The molecule has 1 aliphatic rings. The number of rotatable bonds is 4. The number of furan rings is 1. The molecule has 0 bridgehead atoms. The van der Waals surface area contributed by atoms with E-state index in [1.807, 2.05) is 35.7 Å². The minimum Gasteiger partial charge on any atom is -0.454 e. The SMILES string of the molecule is O=C(CN1CCCCCCC1=O)Nc1nc(-c2cc3ccccc3o2)cs1. The molecular formula is C20H21N3O3S. The van der Waals surface area contributed by atoms with E-state index in [1.165, 1.54) is 11.3 Å². The molecule has 1 aromatic carbocycles. The van der Waals surface area contributed by atoms with Gasteiger partial charge >= 0.3 is 0 Å². The number of para-hydroxylation sites is 1. The van der Waals surface area contributed by atoms with Crippen LogP contribution < -0.4 is 5.32 Å². The van der Waals surface area contributed by atoms with Crippen LogP contribution in [0.2, 0.25) is 0 Å². The first-order valence-corrected chi connectivity index (χ1v) is 10.1. The third-order valence-corrected chi connectivity index (χ3v) is 5.44. The van der Waals surface area contributed by atoms with Gasteiger partial charge in [0.25, 0.3) is 0 Å². The van der Waals surface area contributed by atoms with Crippen LogP contribution in [0.4, 0.5) is 5.13 Å². The number of nitrogens with zero attached hydrogens (tertiary/aromatic N) is 2. The topological polar surface area (TPSA) is 75.4 Å². The van der Waals surface area contributed by atoms with Crippen LogP contribution in [0, 0.1) is 0 Å². The van der Waals surface area contributed by atoms with Crippen molar-refractivity contribution in [2.24, 2.45) is 0 Å². The van der Waals surface area contributed by atoms with E-state index < -0.39 is 0 Å². The van der Waals surface area contributed by atoms with Crippen molar-refractivity contribution < 1.29 is 14.0 Å². The van der Waals surface area contributed by atoms with Crippen molar-refractivity contribution in [3.05, 3.63) is 35.7 Å². The molecule has 0 atom stereocenters. The first-order valence-electron chi connectivity index (χ1n) is 9.21. The minimum atomic E-state index is -0.213. The Kier molecular flexibility index (Phi) is 5.20. The van der Waals surface area contributed by atoms with Crippen molar-refractivity contribution >= 4 is 39.3 Å². The second-order valence-electron chi connectivity index (χ2n) is 6.71. The van der Waals surface area contributed by atoms with E-state index in [0.29, 0.717) is 29.6 Å². The second kappa shape index (κ2) is 7.92. The molecule has 3 heterocycles. The lowest BCUT2D eigenvalue weighted by Crippen LogP contribution is -2.39. The minimum absolute atomic E-state index is 0.0620. The average molecular weight is 383 g/mol. The summed E-state index contributed by atoms with van der Waals surface area (Å²) in [4.78, 5) is 30.6. The number of thiazole rings is 1. The van der Waals surface area contributed by atoms with Crippen molar-refractivity contribution in [1.29, 1.82) is 0 Å². The lowest BCUT2D eigenvalue weighted by atomic mass is 10.1.